The third-order valence-electron chi connectivity index (χ3n) is 5.96. The molecule has 0 nitrogen and oxygen atoms in total. The van der Waals surface area contributed by atoms with Crippen LogP contribution >= 0.6 is 24.8 Å². The van der Waals surface area contributed by atoms with Gasteiger partial charge in [0.1, 0.15) is 0 Å². The molecule has 0 aliphatic heterocycles. The molecule has 0 aliphatic rings. The van der Waals surface area contributed by atoms with E-state index in [1.165, 1.54) is 79.2 Å². The molecular weight excluding hydrogens is 558 g/mol. The van der Waals surface area contributed by atoms with Crippen LogP contribution in [0.5, 0.6) is 0 Å². The molecular formula is C33H30Cl2Zr. The van der Waals surface area contributed by atoms with Crippen molar-refractivity contribution in [2.75, 3.05) is 0 Å². The average molecular weight is 589 g/mol. The minimum absolute atomic E-state index is 0. The number of aryl methyl sites for hydroxylation is 2. The van der Waals surface area contributed by atoms with Crippen molar-refractivity contribution in [1.82, 2.24) is 0 Å². The van der Waals surface area contributed by atoms with Gasteiger partial charge in [-0.2, -0.15) is 12.1 Å². The maximum atomic E-state index is 3.34. The first-order valence-corrected chi connectivity index (χ1v) is 13.2. The standard InChI is InChI=1S/2C16H13.CH2.2ClH.Zr/c2*1-12-10-14-8-5-9-15(16(14)11-12)13-6-3-2-4-7-13;;;;/h2*2-11H,1H3;1H2;2*1H;/q2*-1;;;;+2. The fraction of sp³-hybridized carbons (Fsp3) is 0.0606. The molecule has 0 N–H and O–H groups in total. The monoisotopic (exact) mass is 586 g/mol. The Morgan fingerprint density at radius 2 is 0.861 bits per heavy atom. The summed E-state index contributed by atoms with van der Waals surface area (Å²) in [6.07, 6.45) is 0. The molecule has 0 spiro atoms. The van der Waals surface area contributed by atoms with Gasteiger partial charge >= 0.3 is 28.4 Å². The van der Waals surface area contributed by atoms with Crippen LogP contribution in [0, 0.1) is 13.8 Å². The first kappa shape index (κ1) is 29.7. The molecule has 0 bridgehead atoms. The Morgan fingerprint density at radius 1 is 0.500 bits per heavy atom. The Labute approximate surface area is 241 Å². The maximum absolute atomic E-state index is 3.34. The summed E-state index contributed by atoms with van der Waals surface area (Å²) in [6.45, 7) is 4.30. The summed E-state index contributed by atoms with van der Waals surface area (Å²) >= 11 is 1.30. The molecule has 180 valence electrons. The van der Waals surface area contributed by atoms with Gasteiger partial charge in [0, 0.05) is 0 Å². The molecule has 6 aromatic rings. The van der Waals surface area contributed by atoms with Crippen LogP contribution in [0.15, 0.2) is 121 Å². The van der Waals surface area contributed by atoms with Crippen molar-refractivity contribution < 1.29 is 24.2 Å². The topological polar surface area (TPSA) is 0 Å². The van der Waals surface area contributed by atoms with Crippen molar-refractivity contribution in [1.29, 1.82) is 0 Å². The molecule has 0 aromatic heterocycles. The predicted molar refractivity (Wildman–Crippen MR) is 161 cm³/mol. The van der Waals surface area contributed by atoms with E-state index in [-0.39, 0.29) is 24.8 Å². The number of halogens is 2. The van der Waals surface area contributed by atoms with Crippen molar-refractivity contribution in [2.24, 2.45) is 0 Å². The predicted octanol–water partition coefficient (Wildman–Crippen LogP) is 9.88. The summed E-state index contributed by atoms with van der Waals surface area (Å²) in [5.74, 6) is 0. The van der Waals surface area contributed by atoms with Crippen LogP contribution in [0.4, 0.5) is 0 Å². The molecule has 6 rings (SSSR count). The number of rotatable bonds is 2. The van der Waals surface area contributed by atoms with Gasteiger partial charge in [-0.25, -0.2) is 0 Å². The zero-order chi connectivity index (χ0) is 23.9. The van der Waals surface area contributed by atoms with Gasteiger partial charge in [-0.1, -0.05) is 97.8 Å². The Balaban J connectivity index is 0.000000226. The Kier molecular flexibility index (Phi) is 11.7. The van der Waals surface area contributed by atoms with Gasteiger partial charge in [0.05, 0.1) is 0 Å². The minimum atomic E-state index is 0. The van der Waals surface area contributed by atoms with Gasteiger partial charge in [-0.15, -0.1) is 93.9 Å². The quantitative estimate of drug-likeness (QED) is 0.177. The molecule has 3 heteroatoms. The van der Waals surface area contributed by atoms with E-state index in [0.29, 0.717) is 0 Å². The van der Waals surface area contributed by atoms with E-state index in [1.54, 1.807) is 0 Å². The van der Waals surface area contributed by atoms with Crippen LogP contribution in [0.25, 0.3) is 43.8 Å². The molecule has 0 radical (unpaired) electrons. The number of hydrogen-bond donors (Lipinski definition) is 0. The summed E-state index contributed by atoms with van der Waals surface area (Å²) in [7, 11) is 0. The van der Waals surface area contributed by atoms with Crippen molar-refractivity contribution in [3.63, 3.8) is 0 Å². The second-order valence-electron chi connectivity index (χ2n) is 8.41. The third kappa shape index (κ3) is 6.80. The van der Waals surface area contributed by atoms with Gasteiger partial charge in [0.2, 0.25) is 0 Å². The van der Waals surface area contributed by atoms with Gasteiger partial charge in [0.15, 0.2) is 0 Å². The van der Waals surface area contributed by atoms with E-state index in [4.69, 9.17) is 0 Å². The van der Waals surface area contributed by atoms with Crippen molar-refractivity contribution in [3.8, 4) is 22.3 Å². The molecule has 0 saturated heterocycles. The van der Waals surface area contributed by atoms with Gasteiger partial charge in [0.25, 0.3) is 0 Å². The van der Waals surface area contributed by atoms with Crippen LogP contribution < -0.4 is 0 Å². The van der Waals surface area contributed by atoms with Crippen LogP contribution in [0.1, 0.15) is 11.1 Å². The average Bonchev–Trinajstić information content (AvgIpc) is 3.47. The Morgan fingerprint density at radius 3 is 1.22 bits per heavy atom. The Bertz CT molecular complexity index is 1380. The molecule has 0 heterocycles. The van der Waals surface area contributed by atoms with Gasteiger partial charge in [-0.3, -0.25) is 0 Å². The number of hydrogen-bond acceptors (Lipinski definition) is 0. The zero-order valence-corrected chi connectivity index (χ0v) is 24.7. The fourth-order valence-electron chi connectivity index (χ4n) is 4.51. The van der Waals surface area contributed by atoms with Crippen LogP contribution in [0.3, 0.4) is 0 Å². The summed E-state index contributed by atoms with van der Waals surface area (Å²) < 4.78 is 3.34. The van der Waals surface area contributed by atoms with Crippen molar-refractivity contribution in [2.45, 2.75) is 13.8 Å². The van der Waals surface area contributed by atoms with Crippen LogP contribution in [-0.4, -0.2) is 4.21 Å². The zero-order valence-electron chi connectivity index (χ0n) is 20.6. The molecule has 6 aromatic carbocycles. The van der Waals surface area contributed by atoms with E-state index in [2.05, 4.69) is 139 Å². The second-order valence-corrected chi connectivity index (χ2v) is 8.41. The van der Waals surface area contributed by atoms with Crippen molar-refractivity contribution in [3.05, 3.63) is 132 Å². The third-order valence-corrected chi connectivity index (χ3v) is 5.96. The molecule has 0 atom stereocenters. The fourth-order valence-corrected chi connectivity index (χ4v) is 4.51. The van der Waals surface area contributed by atoms with E-state index >= 15 is 0 Å². The first-order valence-electron chi connectivity index (χ1n) is 11.5. The first-order chi connectivity index (χ1) is 16.7. The van der Waals surface area contributed by atoms with Crippen molar-refractivity contribution >= 4 is 50.6 Å². The van der Waals surface area contributed by atoms with E-state index in [9.17, 15) is 0 Å². The van der Waals surface area contributed by atoms with E-state index in [1.807, 2.05) is 0 Å². The summed E-state index contributed by atoms with van der Waals surface area (Å²) in [6, 6.07) is 43.1. The summed E-state index contributed by atoms with van der Waals surface area (Å²) in [5, 5.41) is 5.37. The van der Waals surface area contributed by atoms with Crippen LogP contribution in [0.2, 0.25) is 0 Å². The van der Waals surface area contributed by atoms with E-state index < -0.39 is 0 Å². The van der Waals surface area contributed by atoms with Gasteiger partial charge < -0.3 is 0 Å². The molecule has 36 heavy (non-hydrogen) atoms. The number of fused-ring (bicyclic) bond motifs is 2. The molecule has 0 unspecified atom stereocenters. The normalized spacial score (nSPS) is 9.78. The van der Waals surface area contributed by atoms with E-state index in [0.717, 1.165) is 0 Å². The molecule has 0 fully saturated rings. The summed E-state index contributed by atoms with van der Waals surface area (Å²) in [4.78, 5) is 0. The summed E-state index contributed by atoms with van der Waals surface area (Å²) in [5.41, 5.74) is 7.89. The second kappa shape index (κ2) is 14.2. The number of benzene rings is 4. The molecule has 0 amide bonds. The Hall–Kier alpha value is -2.57. The molecule has 0 saturated carbocycles. The van der Waals surface area contributed by atoms with Crippen LogP contribution in [-0.2, 0) is 24.2 Å². The SMILES string of the molecule is Cc1cc2c(-c3ccccc3)cccc2[cH-]1.Cc1cc2c(-c3ccccc3)cccc2[cH-]1.Cl.Cl.[CH2]=[Zr+2]. The van der Waals surface area contributed by atoms with Gasteiger partial charge in [-0.05, 0) is 11.1 Å². The molecule has 0 aliphatic carbocycles.